The van der Waals surface area contributed by atoms with Crippen molar-refractivity contribution in [1.82, 2.24) is 10.2 Å². The fourth-order valence-electron chi connectivity index (χ4n) is 4.21. The number of nitrogens with zero attached hydrogens (tertiary/aromatic N) is 2. The van der Waals surface area contributed by atoms with Crippen LogP contribution in [0.4, 0.5) is 0 Å². The summed E-state index contributed by atoms with van der Waals surface area (Å²) >= 11 is 0. The van der Waals surface area contributed by atoms with Crippen molar-refractivity contribution in [3.63, 3.8) is 0 Å². The summed E-state index contributed by atoms with van der Waals surface area (Å²) in [6.07, 6.45) is 7.33. The highest BCUT2D eigenvalue weighted by molar-refractivity contribution is 5.13. The summed E-state index contributed by atoms with van der Waals surface area (Å²) in [5.41, 5.74) is -0.243. The SMILES string of the molecule is CNC1(C#N)CCCC1CCN1CCCC1C(C)C. The van der Waals surface area contributed by atoms with Gasteiger partial charge in [0.1, 0.15) is 5.54 Å². The molecule has 0 spiro atoms. The zero-order chi connectivity index (χ0) is 13.9. The van der Waals surface area contributed by atoms with E-state index in [1.165, 1.54) is 45.2 Å². The van der Waals surface area contributed by atoms with E-state index < -0.39 is 0 Å². The van der Waals surface area contributed by atoms with Gasteiger partial charge >= 0.3 is 0 Å². The third kappa shape index (κ3) is 2.95. The van der Waals surface area contributed by atoms with Crippen LogP contribution in [0.25, 0.3) is 0 Å². The average Bonchev–Trinajstić information content (AvgIpc) is 3.03. The number of hydrogen-bond donors (Lipinski definition) is 1. The van der Waals surface area contributed by atoms with Crippen molar-refractivity contribution in [2.45, 2.75) is 64.0 Å². The second-order valence-corrected chi connectivity index (χ2v) is 6.70. The van der Waals surface area contributed by atoms with Crippen LogP contribution in [0.5, 0.6) is 0 Å². The minimum absolute atomic E-state index is 0.243. The van der Waals surface area contributed by atoms with E-state index in [-0.39, 0.29) is 5.54 Å². The molecule has 2 fully saturated rings. The quantitative estimate of drug-likeness (QED) is 0.829. The van der Waals surface area contributed by atoms with E-state index in [4.69, 9.17) is 0 Å². The number of likely N-dealkylation sites (tertiary alicyclic amines) is 1. The van der Waals surface area contributed by atoms with Gasteiger partial charge in [-0.2, -0.15) is 5.26 Å². The van der Waals surface area contributed by atoms with Gasteiger partial charge in [-0.15, -0.1) is 0 Å². The monoisotopic (exact) mass is 263 g/mol. The molecule has 3 atom stereocenters. The summed E-state index contributed by atoms with van der Waals surface area (Å²) in [6, 6.07) is 3.33. The standard InChI is InChI=1S/C16H29N3/c1-13(2)15-7-5-10-19(15)11-8-14-6-4-9-16(14,12-17)18-3/h13-15,18H,4-11H2,1-3H3. The molecule has 1 aliphatic heterocycles. The van der Waals surface area contributed by atoms with Gasteiger partial charge in [0.15, 0.2) is 0 Å². The summed E-state index contributed by atoms with van der Waals surface area (Å²) in [5.74, 6) is 1.30. The minimum atomic E-state index is -0.243. The first-order chi connectivity index (χ1) is 9.13. The fourth-order valence-corrected chi connectivity index (χ4v) is 4.21. The van der Waals surface area contributed by atoms with Gasteiger partial charge < -0.3 is 10.2 Å². The highest BCUT2D eigenvalue weighted by Crippen LogP contribution is 2.38. The first-order valence-corrected chi connectivity index (χ1v) is 7.97. The molecular weight excluding hydrogens is 234 g/mol. The maximum Gasteiger partial charge on any atom is 0.109 e. The Kier molecular flexibility index (Phi) is 4.86. The molecule has 1 saturated carbocycles. The van der Waals surface area contributed by atoms with Crippen molar-refractivity contribution >= 4 is 0 Å². The Labute approximate surface area is 118 Å². The maximum atomic E-state index is 9.49. The van der Waals surface area contributed by atoms with Gasteiger partial charge in [-0.3, -0.25) is 0 Å². The van der Waals surface area contributed by atoms with Crippen molar-refractivity contribution in [2.75, 3.05) is 20.1 Å². The topological polar surface area (TPSA) is 39.1 Å². The lowest BCUT2D eigenvalue weighted by Gasteiger charge is -2.32. The smallest absolute Gasteiger partial charge is 0.109 e. The third-order valence-electron chi connectivity index (χ3n) is 5.41. The van der Waals surface area contributed by atoms with Gasteiger partial charge in [0.2, 0.25) is 0 Å². The second-order valence-electron chi connectivity index (χ2n) is 6.70. The predicted octanol–water partition coefficient (Wildman–Crippen LogP) is 2.78. The van der Waals surface area contributed by atoms with Crippen LogP contribution >= 0.6 is 0 Å². The lowest BCUT2D eigenvalue weighted by Crippen LogP contribution is -2.46. The molecule has 0 aromatic heterocycles. The second kappa shape index (κ2) is 6.24. The fraction of sp³-hybridized carbons (Fsp3) is 0.938. The van der Waals surface area contributed by atoms with Crippen LogP contribution in [0.2, 0.25) is 0 Å². The average molecular weight is 263 g/mol. The molecule has 3 nitrogen and oxygen atoms in total. The number of rotatable bonds is 5. The summed E-state index contributed by atoms with van der Waals surface area (Å²) in [7, 11) is 1.95. The summed E-state index contributed by atoms with van der Waals surface area (Å²) in [5, 5.41) is 12.8. The van der Waals surface area contributed by atoms with Gasteiger partial charge in [-0.1, -0.05) is 20.3 Å². The molecule has 1 saturated heterocycles. The Bertz CT molecular complexity index is 333. The van der Waals surface area contributed by atoms with Gasteiger partial charge in [0.05, 0.1) is 6.07 Å². The Morgan fingerprint density at radius 3 is 2.79 bits per heavy atom. The van der Waals surface area contributed by atoms with E-state index in [0.29, 0.717) is 5.92 Å². The van der Waals surface area contributed by atoms with Crippen molar-refractivity contribution in [2.24, 2.45) is 11.8 Å². The molecule has 0 aromatic carbocycles. The molecule has 0 bridgehead atoms. The van der Waals surface area contributed by atoms with E-state index in [9.17, 15) is 5.26 Å². The van der Waals surface area contributed by atoms with Gasteiger partial charge in [-0.05, 0) is 64.1 Å². The highest BCUT2D eigenvalue weighted by atomic mass is 15.2. The van der Waals surface area contributed by atoms with Crippen LogP contribution in [0, 0.1) is 23.2 Å². The molecule has 1 aliphatic carbocycles. The third-order valence-corrected chi connectivity index (χ3v) is 5.41. The molecular formula is C16H29N3. The number of nitrogens with one attached hydrogen (secondary N) is 1. The molecule has 2 aliphatic rings. The van der Waals surface area contributed by atoms with E-state index in [2.05, 4.69) is 30.1 Å². The molecule has 3 heteroatoms. The number of hydrogen-bond acceptors (Lipinski definition) is 3. The van der Waals surface area contributed by atoms with Crippen LogP contribution in [-0.2, 0) is 0 Å². The van der Waals surface area contributed by atoms with Crippen molar-refractivity contribution in [1.29, 1.82) is 5.26 Å². The zero-order valence-electron chi connectivity index (χ0n) is 12.8. The maximum absolute atomic E-state index is 9.49. The van der Waals surface area contributed by atoms with Crippen molar-refractivity contribution < 1.29 is 0 Å². The van der Waals surface area contributed by atoms with E-state index in [0.717, 1.165) is 18.4 Å². The van der Waals surface area contributed by atoms with E-state index in [1.807, 2.05) is 7.05 Å². The Balaban J connectivity index is 1.90. The normalized spacial score (nSPS) is 35.9. The van der Waals surface area contributed by atoms with Crippen LogP contribution < -0.4 is 5.32 Å². The van der Waals surface area contributed by atoms with Crippen LogP contribution in [0.1, 0.15) is 52.4 Å². The summed E-state index contributed by atoms with van der Waals surface area (Å²) < 4.78 is 0. The molecule has 19 heavy (non-hydrogen) atoms. The van der Waals surface area contributed by atoms with Crippen molar-refractivity contribution in [3.05, 3.63) is 0 Å². The highest BCUT2D eigenvalue weighted by Gasteiger charge is 2.42. The van der Waals surface area contributed by atoms with Crippen LogP contribution in [0.15, 0.2) is 0 Å². The van der Waals surface area contributed by atoms with E-state index in [1.54, 1.807) is 0 Å². The summed E-state index contributed by atoms with van der Waals surface area (Å²) in [4.78, 5) is 2.67. The molecule has 1 heterocycles. The Morgan fingerprint density at radius 2 is 2.16 bits per heavy atom. The number of nitriles is 1. The molecule has 0 aromatic rings. The lowest BCUT2D eigenvalue weighted by atomic mass is 9.86. The zero-order valence-corrected chi connectivity index (χ0v) is 12.8. The summed E-state index contributed by atoms with van der Waals surface area (Å²) in [6.45, 7) is 7.12. The Morgan fingerprint density at radius 1 is 1.37 bits per heavy atom. The van der Waals surface area contributed by atoms with Crippen molar-refractivity contribution in [3.8, 4) is 6.07 Å². The first kappa shape index (κ1) is 14.8. The van der Waals surface area contributed by atoms with Gasteiger partial charge in [0.25, 0.3) is 0 Å². The Hall–Kier alpha value is -0.590. The van der Waals surface area contributed by atoms with Crippen LogP contribution in [-0.4, -0.2) is 36.6 Å². The predicted molar refractivity (Wildman–Crippen MR) is 78.8 cm³/mol. The molecule has 0 radical (unpaired) electrons. The first-order valence-electron chi connectivity index (χ1n) is 7.97. The van der Waals surface area contributed by atoms with Gasteiger partial charge in [-0.25, -0.2) is 0 Å². The molecule has 0 amide bonds. The molecule has 1 N–H and O–H groups in total. The molecule has 3 unspecified atom stereocenters. The minimum Gasteiger partial charge on any atom is -0.302 e. The van der Waals surface area contributed by atoms with Gasteiger partial charge in [0, 0.05) is 6.04 Å². The molecule has 2 rings (SSSR count). The lowest BCUT2D eigenvalue weighted by molar-refractivity contribution is 0.181. The van der Waals surface area contributed by atoms with E-state index >= 15 is 0 Å². The molecule has 108 valence electrons. The van der Waals surface area contributed by atoms with Crippen LogP contribution in [0.3, 0.4) is 0 Å². The largest absolute Gasteiger partial charge is 0.302 e.